The molecule has 2 aromatic carbocycles. The van der Waals surface area contributed by atoms with Crippen molar-refractivity contribution < 1.29 is 22.4 Å². The second kappa shape index (κ2) is 6.19. The zero-order chi connectivity index (χ0) is 17.2. The monoisotopic (exact) mass is 332 g/mol. The Balaban J connectivity index is 1.99. The number of hydrogen-bond acceptors (Lipinski definition) is 3. The topological polar surface area (TPSA) is 55.1 Å². The second-order valence-electron chi connectivity index (χ2n) is 4.88. The maximum atomic E-state index is 13.2. The van der Waals surface area contributed by atoms with Gasteiger partial charge in [0.1, 0.15) is 0 Å². The number of benzene rings is 2. The minimum absolute atomic E-state index is 0.263. The average Bonchev–Trinajstić information content (AvgIpc) is 3.02. The average molecular weight is 332 g/mol. The maximum Gasteiger partial charge on any atom is 0.452 e. The van der Waals surface area contributed by atoms with E-state index < -0.39 is 23.5 Å². The van der Waals surface area contributed by atoms with E-state index in [9.17, 15) is 18.0 Å². The molecule has 1 N–H and O–H groups in total. The number of nitrogens with zero attached hydrogens (tertiary/aromatic N) is 1. The predicted molar refractivity (Wildman–Crippen MR) is 81.3 cm³/mol. The normalized spacial score (nSPS) is 11.3. The van der Waals surface area contributed by atoms with Crippen molar-refractivity contribution in [1.29, 1.82) is 0 Å². The Labute approximate surface area is 134 Å². The first-order chi connectivity index (χ1) is 11.4. The molecule has 0 bridgehead atoms. The fraction of sp³-hybridized carbons (Fsp3) is 0.0588. The van der Waals surface area contributed by atoms with Gasteiger partial charge in [-0.1, -0.05) is 36.4 Å². The number of alkyl halides is 3. The van der Waals surface area contributed by atoms with Gasteiger partial charge >= 0.3 is 6.18 Å². The summed E-state index contributed by atoms with van der Waals surface area (Å²) in [5.74, 6) is -2.67. The van der Waals surface area contributed by atoms with Crippen molar-refractivity contribution in [3.63, 3.8) is 0 Å². The van der Waals surface area contributed by atoms with Gasteiger partial charge in [-0.05, 0) is 24.3 Å². The van der Waals surface area contributed by atoms with Crippen LogP contribution in [0.15, 0.2) is 65.1 Å². The van der Waals surface area contributed by atoms with Crippen molar-refractivity contribution in [2.24, 2.45) is 0 Å². The van der Waals surface area contributed by atoms with Crippen LogP contribution in [0, 0.1) is 0 Å². The van der Waals surface area contributed by atoms with E-state index in [1.165, 1.54) is 0 Å². The maximum absolute atomic E-state index is 13.2. The summed E-state index contributed by atoms with van der Waals surface area (Å²) in [5, 5.41) is 2.37. The molecule has 0 radical (unpaired) electrons. The third kappa shape index (κ3) is 3.29. The number of carbonyl (C=O) groups is 1. The fourth-order valence-electron chi connectivity index (χ4n) is 2.08. The molecule has 0 saturated heterocycles. The molecule has 0 unspecified atom stereocenters. The van der Waals surface area contributed by atoms with E-state index in [2.05, 4.69) is 10.3 Å². The molecule has 0 spiro atoms. The minimum Gasteiger partial charge on any atom is -0.431 e. The lowest BCUT2D eigenvalue weighted by Gasteiger charge is -2.05. The highest BCUT2D eigenvalue weighted by molar-refractivity contribution is 6.04. The molecule has 0 fully saturated rings. The molecule has 1 aromatic heterocycles. The van der Waals surface area contributed by atoms with E-state index in [1.54, 1.807) is 60.7 Å². The summed E-state index contributed by atoms with van der Waals surface area (Å²) in [6.07, 6.45) is -4.83. The summed E-state index contributed by atoms with van der Waals surface area (Å²) in [4.78, 5) is 15.9. The Morgan fingerprint density at radius 2 is 1.54 bits per heavy atom. The van der Waals surface area contributed by atoms with Crippen LogP contribution in [0.1, 0.15) is 16.2 Å². The minimum atomic E-state index is -4.83. The zero-order valence-electron chi connectivity index (χ0n) is 12.2. The summed E-state index contributed by atoms with van der Waals surface area (Å²) in [7, 11) is 0. The van der Waals surface area contributed by atoms with Crippen LogP contribution in [0.5, 0.6) is 0 Å². The summed E-state index contributed by atoms with van der Waals surface area (Å²) in [5.41, 5.74) is -0.0909. The lowest BCUT2D eigenvalue weighted by atomic mass is 10.2. The molecule has 4 nitrogen and oxygen atoms in total. The third-order valence-electron chi connectivity index (χ3n) is 3.15. The molecule has 0 atom stereocenters. The molecule has 1 amide bonds. The summed E-state index contributed by atoms with van der Waals surface area (Å²) in [6.45, 7) is 0. The van der Waals surface area contributed by atoms with Crippen LogP contribution in [0.25, 0.3) is 11.5 Å². The molecule has 3 aromatic rings. The Hall–Kier alpha value is -3.09. The lowest BCUT2D eigenvalue weighted by molar-refractivity contribution is -0.153. The number of para-hydroxylation sites is 1. The van der Waals surface area contributed by atoms with Gasteiger partial charge in [-0.15, -0.1) is 0 Å². The van der Waals surface area contributed by atoms with Crippen molar-refractivity contribution in [2.75, 3.05) is 5.32 Å². The van der Waals surface area contributed by atoms with Crippen molar-refractivity contribution >= 4 is 11.6 Å². The highest BCUT2D eigenvalue weighted by atomic mass is 19.4. The fourth-order valence-corrected chi connectivity index (χ4v) is 2.08. The van der Waals surface area contributed by atoms with E-state index in [0.29, 0.717) is 11.3 Å². The molecule has 0 saturated carbocycles. The number of aromatic nitrogens is 1. The zero-order valence-corrected chi connectivity index (χ0v) is 12.2. The smallest absolute Gasteiger partial charge is 0.431 e. The van der Waals surface area contributed by atoms with Gasteiger partial charge in [-0.3, -0.25) is 4.79 Å². The molecule has 3 rings (SSSR count). The largest absolute Gasteiger partial charge is 0.452 e. The highest BCUT2D eigenvalue weighted by Gasteiger charge is 2.41. The number of anilines is 1. The van der Waals surface area contributed by atoms with E-state index in [4.69, 9.17) is 4.42 Å². The molecule has 0 aliphatic heterocycles. The number of halogens is 3. The molecule has 7 heteroatoms. The first kappa shape index (κ1) is 15.8. The van der Waals surface area contributed by atoms with Gasteiger partial charge < -0.3 is 9.73 Å². The van der Waals surface area contributed by atoms with Gasteiger partial charge in [0.2, 0.25) is 11.7 Å². The van der Waals surface area contributed by atoms with Crippen molar-refractivity contribution in [3.8, 4) is 11.5 Å². The summed E-state index contributed by atoms with van der Waals surface area (Å²) < 4.78 is 44.3. The Morgan fingerprint density at radius 3 is 2.12 bits per heavy atom. The van der Waals surface area contributed by atoms with Crippen molar-refractivity contribution in [1.82, 2.24) is 4.98 Å². The molecule has 122 valence electrons. The van der Waals surface area contributed by atoms with Crippen LogP contribution in [-0.4, -0.2) is 10.9 Å². The van der Waals surface area contributed by atoms with Gasteiger partial charge in [0, 0.05) is 11.3 Å². The van der Waals surface area contributed by atoms with E-state index in [0.717, 1.165) is 0 Å². The van der Waals surface area contributed by atoms with Crippen LogP contribution in [-0.2, 0) is 6.18 Å². The highest BCUT2D eigenvalue weighted by Crippen LogP contribution is 2.35. The van der Waals surface area contributed by atoms with Gasteiger partial charge in [0.05, 0.1) is 0 Å². The third-order valence-corrected chi connectivity index (χ3v) is 3.15. The molecule has 0 aliphatic carbocycles. The quantitative estimate of drug-likeness (QED) is 0.762. The summed E-state index contributed by atoms with van der Waals surface area (Å²) >= 11 is 0. The Kier molecular flexibility index (Phi) is 4.07. The van der Waals surface area contributed by atoms with Crippen LogP contribution in [0.2, 0.25) is 0 Å². The van der Waals surface area contributed by atoms with Crippen LogP contribution in [0.3, 0.4) is 0 Å². The van der Waals surface area contributed by atoms with Gasteiger partial charge in [-0.2, -0.15) is 13.2 Å². The SMILES string of the molecule is O=C(Nc1ccccc1)c1nc(-c2ccccc2)oc1C(F)(F)F. The predicted octanol–water partition coefficient (Wildman–Crippen LogP) is 4.61. The molecule has 24 heavy (non-hydrogen) atoms. The van der Waals surface area contributed by atoms with Gasteiger partial charge in [0.25, 0.3) is 5.91 Å². The van der Waals surface area contributed by atoms with E-state index in [-0.39, 0.29) is 5.89 Å². The number of oxazole rings is 1. The first-order valence-electron chi connectivity index (χ1n) is 6.95. The standard InChI is InChI=1S/C17H11F3N2O2/c18-17(19,20)14-13(15(23)21-12-9-5-2-6-10-12)22-16(24-14)11-7-3-1-4-8-11/h1-10H,(H,21,23). The van der Waals surface area contributed by atoms with Crippen molar-refractivity contribution in [2.45, 2.75) is 6.18 Å². The Morgan fingerprint density at radius 1 is 0.958 bits per heavy atom. The lowest BCUT2D eigenvalue weighted by Crippen LogP contribution is -2.18. The van der Waals surface area contributed by atoms with Crippen LogP contribution >= 0.6 is 0 Å². The van der Waals surface area contributed by atoms with Crippen LogP contribution < -0.4 is 5.32 Å². The van der Waals surface area contributed by atoms with Crippen molar-refractivity contribution in [3.05, 3.63) is 72.1 Å². The number of amides is 1. The molecule has 1 heterocycles. The van der Waals surface area contributed by atoms with Gasteiger partial charge in [0.15, 0.2) is 5.69 Å². The molecular formula is C17H11F3N2O2. The Bertz CT molecular complexity index is 843. The van der Waals surface area contributed by atoms with E-state index >= 15 is 0 Å². The number of nitrogens with one attached hydrogen (secondary N) is 1. The molecular weight excluding hydrogens is 321 g/mol. The number of carbonyl (C=O) groups excluding carboxylic acids is 1. The first-order valence-corrected chi connectivity index (χ1v) is 6.95. The number of hydrogen-bond donors (Lipinski definition) is 1. The van der Waals surface area contributed by atoms with Crippen LogP contribution in [0.4, 0.5) is 18.9 Å². The second-order valence-corrected chi connectivity index (χ2v) is 4.88. The number of rotatable bonds is 3. The van der Waals surface area contributed by atoms with E-state index in [1.807, 2.05) is 0 Å². The summed E-state index contributed by atoms with van der Waals surface area (Å²) in [6, 6.07) is 16.2. The van der Waals surface area contributed by atoms with Gasteiger partial charge in [-0.25, -0.2) is 4.98 Å². The molecule has 0 aliphatic rings.